The van der Waals surface area contributed by atoms with Gasteiger partial charge in [0.25, 0.3) is 5.91 Å². The molecule has 1 aliphatic rings. The number of nitrogens with zero attached hydrogens (tertiary/aromatic N) is 2. The number of nitrogens with one attached hydrogen (secondary N) is 1. The Labute approximate surface area is 196 Å². The molecule has 4 rings (SSSR count). The number of rotatable bonds is 5. The SMILES string of the molecule is Cc1ccc(NC(=O)c2sc(-c3cccc(Cl)c3)nc2C)cc1S(=O)(=O)N1CCOCC1. The normalized spacial score (nSPS) is 15.0. The van der Waals surface area contributed by atoms with Crippen LogP contribution in [0.4, 0.5) is 5.69 Å². The van der Waals surface area contributed by atoms with E-state index in [9.17, 15) is 13.2 Å². The van der Waals surface area contributed by atoms with Crippen LogP contribution in [0.25, 0.3) is 10.6 Å². The summed E-state index contributed by atoms with van der Waals surface area (Å²) in [4.78, 5) is 18.1. The second-order valence-electron chi connectivity index (χ2n) is 7.39. The number of benzene rings is 2. The molecule has 2 heterocycles. The highest BCUT2D eigenvalue weighted by Gasteiger charge is 2.28. The zero-order valence-corrected chi connectivity index (χ0v) is 20.0. The molecule has 7 nitrogen and oxygen atoms in total. The average Bonchev–Trinajstić information content (AvgIpc) is 3.17. The number of morpholine rings is 1. The van der Waals surface area contributed by atoms with Crippen LogP contribution in [-0.2, 0) is 14.8 Å². The summed E-state index contributed by atoms with van der Waals surface area (Å²) in [7, 11) is -3.68. The van der Waals surface area contributed by atoms with Crippen molar-refractivity contribution in [2.24, 2.45) is 0 Å². The van der Waals surface area contributed by atoms with Gasteiger partial charge in [0, 0.05) is 29.4 Å². The minimum Gasteiger partial charge on any atom is -0.379 e. The highest BCUT2D eigenvalue weighted by Crippen LogP contribution is 2.30. The molecule has 1 amide bonds. The molecule has 0 saturated carbocycles. The van der Waals surface area contributed by atoms with E-state index in [1.807, 2.05) is 12.1 Å². The minimum atomic E-state index is -3.68. The Hall–Kier alpha value is -2.30. The van der Waals surface area contributed by atoms with Gasteiger partial charge in [0.1, 0.15) is 9.88 Å². The second kappa shape index (κ2) is 9.29. The molecule has 32 heavy (non-hydrogen) atoms. The molecule has 1 N–H and O–H groups in total. The molecule has 0 aliphatic carbocycles. The second-order valence-corrected chi connectivity index (χ2v) is 10.7. The Morgan fingerprint density at radius 2 is 1.91 bits per heavy atom. The van der Waals surface area contributed by atoms with Crippen molar-refractivity contribution < 1.29 is 17.9 Å². The standard InChI is InChI=1S/C22H22ClN3O4S2/c1-14-6-7-18(13-19(14)32(28,29)26-8-10-30-11-9-26)25-21(27)20-15(2)24-22(31-20)16-4-3-5-17(23)12-16/h3-7,12-13H,8-11H2,1-2H3,(H,25,27). The van der Waals surface area contributed by atoms with Gasteiger partial charge >= 0.3 is 0 Å². The minimum absolute atomic E-state index is 0.179. The summed E-state index contributed by atoms with van der Waals surface area (Å²) in [6.07, 6.45) is 0. The summed E-state index contributed by atoms with van der Waals surface area (Å²) < 4.78 is 32.9. The first-order chi connectivity index (χ1) is 15.3. The third-order valence-electron chi connectivity index (χ3n) is 5.11. The molecule has 0 radical (unpaired) electrons. The van der Waals surface area contributed by atoms with Crippen molar-refractivity contribution in [2.45, 2.75) is 18.7 Å². The highest BCUT2D eigenvalue weighted by molar-refractivity contribution is 7.89. The van der Waals surface area contributed by atoms with Crippen molar-refractivity contribution in [3.05, 3.63) is 63.6 Å². The molecule has 10 heteroatoms. The van der Waals surface area contributed by atoms with Crippen molar-refractivity contribution in [1.29, 1.82) is 0 Å². The summed E-state index contributed by atoms with van der Waals surface area (Å²) in [5.41, 5.74) is 2.45. The van der Waals surface area contributed by atoms with Crippen LogP contribution in [0.1, 0.15) is 20.9 Å². The molecule has 1 aromatic heterocycles. The van der Waals surface area contributed by atoms with Gasteiger partial charge in [-0.15, -0.1) is 11.3 Å². The zero-order valence-electron chi connectivity index (χ0n) is 17.6. The van der Waals surface area contributed by atoms with Gasteiger partial charge in [-0.25, -0.2) is 13.4 Å². The molecule has 2 aromatic carbocycles. The predicted molar refractivity (Wildman–Crippen MR) is 126 cm³/mol. The third-order valence-corrected chi connectivity index (χ3v) is 8.59. The quantitative estimate of drug-likeness (QED) is 0.573. The Balaban J connectivity index is 1.59. The van der Waals surface area contributed by atoms with Gasteiger partial charge in [0.05, 0.1) is 23.8 Å². The summed E-state index contributed by atoms with van der Waals surface area (Å²) >= 11 is 7.33. The van der Waals surface area contributed by atoms with Crippen molar-refractivity contribution in [1.82, 2.24) is 9.29 Å². The monoisotopic (exact) mass is 491 g/mol. The number of hydrogen-bond donors (Lipinski definition) is 1. The van der Waals surface area contributed by atoms with E-state index in [4.69, 9.17) is 16.3 Å². The summed E-state index contributed by atoms with van der Waals surface area (Å²) in [6, 6.07) is 12.2. The lowest BCUT2D eigenvalue weighted by atomic mass is 10.2. The van der Waals surface area contributed by atoms with Crippen LogP contribution < -0.4 is 5.32 Å². The largest absolute Gasteiger partial charge is 0.379 e. The molecule has 1 aliphatic heterocycles. The molecular formula is C22H22ClN3O4S2. The molecule has 3 aromatic rings. The average molecular weight is 492 g/mol. The number of aromatic nitrogens is 1. The van der Waals surface area contributed by atoms with E-state index in [0.29, 0.717) is 58.2 Å². The van der Waals surface area contributed by atoms with Crippen LogP contribution >= 0.6 is 22.9 Å². The fourth-order valence-corrected chi connectivity index (χ4v) is 6.23. The van der Waals surface area contributed by atoms with E-state index in [1.165, 1.54) is 21.7 Å². The maximum atomic E-state index is 13.1. The fraction of sp³-hybridized carbons (Fsp3) is 0.273. The number of carbonyl (C=O) groups excluding carboxylic acids is 1. The Morgan fingerprint density at radius 1 is 1.16 bits per heavy atom. The molecule has 168 valence electrons. The number of halogens is 1. The number of anilines is 1. The zero-order chi connectivity index (χ0) is 22.9. The Morgan fingerprint density at radius 3 is 2.62 bits per heavy atom. The maximum Gasteiger partial charge on any atom is 0.267 e. The van der Waals surface area contributed by atoms with Gasteiger partial charge in [-0.1, -0.05) is 29.8 Å². The number of amides is 1. The van der Waals surface area contributed by atoms with Gasteiger partial charge in [-0.3, -0.25) is 4.79 Å². The molecule has 1 saturated heterocycles. The van der Waals surface area contributed by atoms with Crippen LogP contribution in [0.15, 0.2) is 47.4 Å². The van der Waals surface area contributed by atoms with E-state index in [2.05, 4.69) is 10.3 Å². The number of aryl methyl sites for hydroxylation is 2. The maximum absolute atomic E-state index is 13.1. The first kappa shape index (κ1) is 22.9. The van der Waals surface area contributed by atoms with Crippen molar-refractivity contribution in [3.8, 4) is 10.6 Å². The fourth-order valence-electron chi connectivity index (χ4n) is 3.42. The number of ether oxygens (including phenoxy) is 1. The van der Waals surface area contributed by atoms with E-state index in [0.717, 1.165) is 5.56 Å². The molecule has 1 fully saturated rings. The van der Waals surface area contributed by atoms with E-state index < -0.39 is 10.0 Å². The first-order valence-corrected chi connectivity index (χ1v) is 12.6. The van der Waals surface area contributed by atoms with Gasteiger partial charge < -0.3 is 10.1 Å². The molecule has 0 spiro atoms. The van der Waals surface area contributed by atoms with Crippen molar-refractivity contribution in [3.63, 3.8) is 0 Å². The van der Waals surface area contributed by atoms with Crippen LogP contribution in [0.5, 0.6) is 0 Å². The molecule has 0 atom stereocenters. The molecule has 0 unspecified atom stereocenters. The Bertz CT molecular complexity index is 1270. The molecular weight excluding hydrogens is 470 g/mol. The van der Waals surface area contributed by atoms with Gasteiger partial charge in [-0.2, -0.15) is 4.31 Å². The van der Waals surface area contributed by atoms with Crippen LogP contribution in [0.2, 0.25) is 5.02 Å². The van der Waals surface area contributed by atoms with Gasteiger partial charge in [0.2, 0.25) is 10.0 Å². The van der Waals surface area contributed by atoms with Crippen LogP contribution in [-0.4, -0.2) is 49.9 Å². The number of carbonyl (C=O) groups is 1. The highest BCUT2D eigenvalue weighted by atomic mass is 35.5. The lowest BCUT2D eigenvalue weighted by molar-refractivity contribution is 0.0730. The van der Waals surface area contributed by atoms with Gasteiger partial charge in [0.15, 0.2) is 0 Å². The lowest BCUT2D eigenvalue weighted by Gasteiger charge is -2.26. The summed E-state index contributed by atoms with van der Waals surface area (Å²) in [5.74, 6) is -0.341. The third kappa shape index (κ3) is 4.72. The van der Waals surface area contributed by atoms with E-state index in [-0.39, 0.29) is 10.8 Å². The van der Waals surface area contributed by atoms with Crippen molar-refractivity contribution in [2.75, 3.05) is 31.6 Å². The topological polar surface area (TPSA) is 88.6 Å². The number of sulfonamides is 1. The summed E-state index contributed by atoms with van der Waals surface area (Å²) in [5, 5.41) is 4.10. The number of hydrogen-bond acceptors (Lipinski definition) is 6. The van der Waals surface area contributed by atoms with Crippen LogP contribution in [0, 0.1) is 13.8 Å². The van der Waals surface area contributed by atoms with Crippen LogP contribution in [0.3, 0.4) is 0 Å². The first-order valence-electron chi connectivity index (χ1n) is 9.99. The Kier molecular flexibility index (Phi) is 6.64. The van der Waals surface area contributed by atoms with Crippen molar-refractivity contribution >= 4 is 44.6 Å². The lowest BCUT2D eigenvalue weighted by Crippen LogP contribution is -2.40. The van der Waals surface area contributed by atoms with Gasteiger partial charge in [-0.05, 0) is 43.7 Å². The predicted octanol–water partition coefficient (Wildman–Crippen LogP) is 4.35. The van der Waals surface area contributed by atoms with E-state index in [1.54, 1.807) is 38.1 Å². The smallest absolute Gasteiger partial charge is 0.267 e. The number of thiazole rings is 1. The summed E-state index contributed by atoms with van der Waals surface area (Å²) in [6.45, 7) is 4.87. The van der Waals surface area contributed by atoms with E-state index >= 15 is 0 Å². The molecule has 0 bridgehead atoms.